The number of Topliss-reactive ketones (excluding diaryl/α,β-unsaturated/α-hetero) is 1. The van der Waals surface area contributed by atoms with Crippen molar-refractivity contribution in [3.05, 3.63) is 42.5 Å². The van der Waals surface area contributed by atoms with Gasteiger partial charge in [0.1, 0.15) is 5.78 Å². The molecular weight excluding hydrogens is 224 g/mol. The number of benzene rings is 1. The number of anilines is 1. The van der Waals surface area contributed by atoms with E-state index in [4.69, 9.17) is 5.26 Å². The zero-order valence-electron chi connectivity index (χ0n) is 10.7. The van der Waals surface area contributed by atoms with E-state index in [1.165, 1.54) is 0 Å². The molecule has 1 aromatic carbocycles. The molecular formula is C15H18N2O. The largest absolute Gasteiger partial charge is 0.371 e. The topological polar surface area (TPSA) is 44.1 Å². The highest BCUT2D eigenvalue weighted by atomic mass is 16.1. The van der Waals surface area contributed by atoms with Gasteiger partial charge in [0.05, 0.1) is 11.6 Å². The Labute approximate surface area is 108 Å². The van der Waals surface area contributed by atoms with Gasteiger partial charge in [0.25, 0.3) is 0 Å². The molecule has 1 saturated heterocycles. The predicted octanol–water partition coefficient (Wildman–Crippen LogP) is 2.92. The highest BCUT2D eigenvalue weighted by Crippen LogP contribution is 2.18. The van der Waals surface area contributed by atoms with E-state index in [2.05, 4.69) is 17.5 Å². The summed E-state index contributed by atoms with van der Waals surface area (Å²) in [6.45, 7) is 6.84. The first kappa shape index (κ1) is 14.0. The second-order valence-corrected chi connectivity index (χ2v) is 4.09. The van der Waals surface area contributed by atoms with Crippen LogP contribution < -0.4 is 4.90 Å². The molecule has 3 heteroatoms. The molecule has 0 bridgehead atoms. The van der Waals surface area contributed by atoms with Crippen molar-refractivity contribution in [1.29, 1.82) is 5.26 Å². The summed E-state index contributed by atoms with van der Waals surface area (Å²) >= 11 is 0. The van der Waals surface area contributed by atoms with Crippen molar-refractivity contribution in [2.45, 2.75) is 19.8 Å². The molecule has 94 valence electrons. The molecule has 2 rings (SSSR count). The predicted molar refractivity (Wildman–Crippen MR) is 73.5 cm³/mol. The standard InChI is InChI=1S/C12H12N2O.C3H6/c13-9-10-1-3-11(4-2-10)14-7-5-12(15)6-8-14;1-3-2/h1-4H,5-8H2;3H,1H2,2H3. The van der Waals surface area contributed by atoms with Crippen LogP contribution in [0.15, 0.2) is 36.9 Å². The van der Waals surface area contributed by atoms with Crippen molar-refractivity contribution in [3.63, 3.8) is 0 Å². The quantitative estimate of drug-likeness (QED) is 0.711. The second-order valence-electron chi connectivity index (χ2n) is 4.09. The maximum absolute atomic E-state index is 11.1. The lowest BCUT2D eigenvalue weighted by Crippen LogP contribution is -2.33. The lowest BCUT2D eigenvalue weighted by Gasteiger charge is -2.28. The van der Waals surface area contributed by atoms with E-state index in [1.54, 1.807) is 6.08 Å². The minimum absolute atomic E-state index is 0.347. The van der Waals surface area contributed by atoms with Gasteiger partial charge in [-0.2, -0.15) is 5.26 Å². The fourth-order valence-electron chi connectivity index (χ4n) is 1.76. The first-order valence-electron chi connectivity index (χ1n) is 6.05. The number of nitrogens with zero attached hydrogens (tertiary/aromatic N) is 2. The van der Waals surface area contributed by atoms with Crippen molar-refractivity contribution in [1.82, 2.24) is 0 Å². The van der Waals surface area contributed by atoms with Gasteiger partial charge in [-0.3, -0.25) is 4.79 Å². The number of carbonyl (C=O) groups is 1. The maximum atomic E-state index is 11.1. The molecule has 3 nitrogen and oxygen atoms in total. The van der Waals surface area contributed by atoms with E-state index in [0.29, 0.717) is 24.2 Å². The number of hydrogen-bond acceptors (Lipinski definition) is 3. The summed E-state index contributed by atoms with van der Waals surface area (Å²) in [5, 5.41) is 8.67. The Morgan fingerprint density at radius 1 is 1.28 bits per heavy atom. The van der Waals surface area contributed by atoms with Crippen LogP contribution in [0.1, 0.15) is 25.3 Å². The van der Waals surface area contributed by atoms with Gasteiger partial charge < -0.3 is 4.90 Å². The minimum Gasteiger partial charge on any atom is -0.371 e. The zero-order valence-corrected chi connectivity index (χ0v) is 10.7. The fourth-order valence-corrected chi connectivity index (χ4v) is 1.76. The van der Waals surface area contributed by atoms with Gasteiger partial charge in [-0.25, -0.2) is 0 Å². The van der Waals surface area contributed by atoms with Crippen LogP contribution in [0.25, 0.3) is 0 Å². The number of ketones is 1. The summed E-state index contributed by atoms with van der Waals surface area (Å²) in [5.74, 6) is 0.347. The molecule has 0 atom stereocenters. The molecule has 0 aromatic heterocycles. The van der Waals surface area contributed by atoms with Gasteiger partial charge in [0, 0.05) is 31.6 Å². The number of nitriles is 1. The van der Waals surface area contributed by atoms with Crippen molar-refractivity contribution < 1.29 is 4.79 Å². The van der Waals surface area contributed by atoms with Gasteiger partial charge in [0.15, 0.2) is 0 Å². The van der Waals surface area contributed by atoms with Crippen molar-refractivity contribution >= 4 is 11.5 Å². The van der Waals surface area contributed by atoms with E-state index < -0.39 is 0 Å². The van der Waals surface area contributed by atoms with Gasteiger partial charge in [0.2, 0.25) is 0 Å². The van der Waals surface area contributed by atoms with Gasteiger partial charge in [-0.15, -0.1) is 6.58 Å². The van der Waals surface area contributed by atoms with Crippen LogP contribution in [0, 0.1) is 11.3 Å². The lowest BCUT2D eigenvalue weighted by atomic mass is 10.1. The van der Waals surface area contributed by atoms with Gasteiger partial charge in [-0.1, -0.05) is 6.08 Å². The maximum Gasteiger partial charge on any atom is 0.136 e. The summed E-state index contributed by atoms with van der Waals surface area (Å²) < 4.78 is 0. The Hall–Kier alpha value is -2.08. The minimum atomic E-state index is 0.347. The van der Waals surface area contributed by atoms with Gasteiger partial charge >= 0.3 is 0 Å². The third-order valence-corrected chi connectivity index (χ3v) is 2.68. The molecule has 18 heavy (non-hydrogen) atoms. The monoisotopic (exact) mass is 242 g/mol. The van der Waals surface area contributed by atoms with Crippen LogP contribution in [0.2, 0.25) is 0 Å². The van der Waals surface area contributed by atoms with Crippen LogP contribution in [0.5, 0.6) is 0 Å². The van der Waals surface area contributed by atoms with E-state index in [9.17, 15) is 4.79 Å². The van der Waals surface area contributed by atoms with E-state index in [-0.39, 0.29) is 0 Å². The average molecular weight is 242 g/mol. The third-order valence-electron chi connectivity index (χ3n) is 2.68. The van der Waals surface area contributed by atoms with E-state index >= 15 is 0 Å². The Morgan fingerprint density at radius 2 is 1.78 bits per heavy atom. The Kier molecular flexibility index (Phi) is 5.66. The van der Waals surface area contributed by atoms with Crippen LogP contribution in [0.4, 0.5) is 5.69 Å². The Morgan fingerprint density at radius 3 is 2.22 bits per heavy atom. The number of piperidine rings is 1. The first-order chi connectivity index (χ1) is 8.71. The SMILES string of the molecule is C=CC.N#Cc1ccc(N2CCC(=O)CC2)cc1. The third kappa shape index (κ3) is 4.06. The van der Waals surface area contributed by atoms with Crippen molar-refractivity contribution in [2.75, 3.05) is 18.0 Å². The van der Waals surface area contributed by atoms with Crippen LogP contribution in [0.3, 0.4) is 0 Å². The second kappa shape index (κ2) is 7.29. The fraction of sp³-hybridized carbons (Fsp3) is 0.333. The molecule has 1 fully saturated rings. The Bertz CT molecular complexity index is 433. The highest BCUT2D eigenvalue weighted by Gasteiger charge is 2.15. The van der Waals surface area contributed by atoms with Crippen LogP contribution in [-0.2, 0) is 4.79 Å². The number of hydrogen-bond donors (Lipinski definition) is 0. The first-order valence-corrected chi connectivity index (χ1v) is 6.05. The molecule has 0 radical (unpaired) electrons. The molecule has 0 N–H and O–H groups in total. The van der Waals surface area contributed by atoms with Crippen molar-refractivity contribution in [3.8, 4) is 6.07 Å². The molecule has 0 saturated carbocycles. The summed E-state index contributed by atoms with van der Waals surface area (Å²) in [5.41, 5.74) is 1.77. The lowest BCUT2D eigenvalue weighted by molar-refractivity contribution is -0.119. The molecule has 0 aliphatic carbocycles. The molecule has 1 heterocycles. The van der Waals surface area contributed by atoms with Gasteiger partial charge in [-0.05, 0) is 31.2 Å². The molecule has 1 aliphatic heterocycles. The molecule has 0 spiro atoms. The van der Waals surface area contributed by atoms with E-state index in [0.717, 1.165) is 18.8 Å². The van der Waals surface area contributed by atoms with E-state index in [1.807, 2.05) is 31.2 Å². The molecule has 0 amide bonds. The molecule has 0 unspecified atom stereocenters. The van der Waals surface area contributed by atoms with Crippen LogP contribution >= 0.6 is 0 Å². The Balaban J connectivity index is 0.000000492. The summed E-state index contributed by atoms with van der Waals surface area (Å²) in [6.07, 6.45) is 3.03. The molecule has 1 aliphatic rings. The normalized spacial score (nSPS) is 14.2. The zero-order chi connectivity index (χ0) is 13.4. The van der Waals surface area contributed by atoms with Crippen LogP contribution in [-0.4, -0.2) is 18.9 Å². The summed E-state index contributed by atoms with van der Waals surface area (Å²) in [6, 6.07) is 9.59. The summed E-state index contributed by atoms with van der Waals surface area (Å²) in [4.78, 5) is 13.3. The molecule has 1 aromatic rings. The number of allylic oxidation sites excluding steroid dienone is 1. The number of rotatable bonds is 1. The van der Waals surface area contributed by atoms with Crippen molar-refractivity contribution in [2.24, 2.45) is 0 Å². The smallest absolute Gasteiger partial charge is 0.136 e. The summed E-state index contributed by atoms with van der Waals surface area (Å²) in [7, 11) is 0. The average Bonchev–Trinajstić information content (AvgIpc) is 2.41. The highest BCUT2D eigenvalue weighted by molar-refractivity contribution is 5.81. The number of carbonyl (C=O) groups excluding carboxylic acids is 1.